The molecule has 0 amide bonds. The molecule has 0 spiro atoms. The molecule has 1 aliphatic rings. The molecule has 0 aromatic heterocycles. The van der Waals surface area contributed by atoms with Gasteiger partial charge in [0.1, 0.15) is 0 Å². The van der Waals surface area contributed by atoms with E-state index in [9.17, 15) is 0 Å². The minimum absolute atomic E-state index is 0.237. The van der Waals surface area contributed by atoms with Crippen LogP contribution in [0.15, 0.2) is 28.7 Å². The van der Waals surface area contributed by atoms with Crippen molar-refractivity contribution in [3.05, 3.63) is 28.7 Å². The van der Waals surface area contributed by atoms with Gasteiger partial charge in [-0.1, -0.05) is 22.0 Å². The van der Waals surface area contributed by atoms with E-state index in [1.165, 1.54) is 12.1 Å². The zero-order valence-electron chi connectivity index (χ0n) is 10.6. The van der Waals surface area contributed by atoms with Crippen LogP contribution >= 0.6 is 15.9 Å². The van der Waals surface area contributed by atoms with Crippen LogP contribution in [0.5, 0.6) is 0 Å². The average molecular weight is 297 g/mol. The van der Waals surface area contributed by atoms with E-state index in [0.29, 0.717) is 0 Å². The van der Waals surface area contributed by atoms with Gasteiger partial charge in [0, 0.05) is 22.2 Å². The van der Waals surface area contributed by atoms with Gasteiger partial charge >= 0.3 is 0 Å². The highest BCUT2D eigenvalue weighted by Crippen LogP contribution is 2.38. The second-order valence-electron chi connectivity index (χ2n) is 5.55. The Morgan fingerprint density at radius 2 is 2.24 bits per heavy atom. The molecule has 1 atom stereocenters. The lowest BCUT2D eigenvalue weighted by Gasteiger charge is -2.33. The summed E-state index contributed by atoms with van der Waals surface area (Å²) in [5.74, 6) is 0.731. The first-order chi connectivity index (χ1) is 8.03. The fraction of sp³-hybridized carbons (Fsp3) is 0.571. The SMILES string of the molecule is CC1(C)CC(CCN)CN1c1cccc(Br)c1. The van der Waals surface area contributed by atoms with Crippen LogP contribution in [0.3, 0.4) is 0 Å². The number of halogens is 1. The number of benzene rings is 1. The van der Waals surface area contributed by atoms with Crippen LogP contribution in [-0.4, -0.2) is 18.6 Å². The highest BCUT2D eigenvalue weighted by molar-refractivity contribution is 9.10. The van der Waals surface area contributed by atoms with Crippen molar-refractivity contribution < 1.29 is 0 Å². The first-order valence-electron chi connectivity index (χ1n) is 6.26. The van der Waals surface area contributed by atoms with Crippen LogP contribution in [0.1, 0.15) is 26.7 Å². The van der Waals surface area contributed by atoms with Crippen molar-refractivity contribution in [2.45, 2.75) is 32.2 Å². The van der Waals surface area contributed by atoms with Gasteiger partial charge in [-0.25, -0.2) is 0 Å². The number of nitrogens with two attached hydrogens (primary N) is 1. The molecular weight excluding hydrogens is 276 g/mol. The molecule has 1 heterocycles. The number of hydrogen-bond donors (Lipinski definition) is 1. The maximum absolute atomic E-state index is 5.68. The molecule has 2 rings (SSSR count). The molecule has 0 saturated carbocycles. The fourth-order valence-electron chi connectivity index (χ4n) is 2.91. The quantitative estimate of drug-likeness (QED) is 0.926. The van der Waals surface area contributed by atoms with E-state index in [-0.39, 0.29) is 5.54 Å². The van der Waals surface area contributed by atoms with Gasteiger partial charge in [-0.3, -0.25) is 0 Å². The van der Waals surface area contributed by atoms with Crippen LogP contribution in [0.2, 0.25) is 0 Å². The molecule has 1 saturated heterocycles. The van der Waals surface area contributed by atoms with Gasteiger partial charge in [0.25, 0.3) is 0 Å². The van der Waals surface area contributed by atoms with E-state index in [1.807, 2.05) is 0 Å². The predicted octanol–water partition coefficient (Wildman–Crippen LogP) is 3.40. The smallest absolute Gasteiger partial charge is 0.0382 e. The largest absolute Gasteiger partial charge is 0.366 e. The Morgan fingerprint density at radius 1 is 1.47 bits per heavy atom. The summed E-state index contributed by atoms with van der Waals surface area (Å²) in [6.07, 6.45) is 2.37. The monoisotopic (exact) mass is 296 g/mol. The maximum Gasteiger partial charge on any atom is 0.0382 e. The highest BCUT2D eigenvalue weighted by atomic mass is 79.9. The van der Waals surface area contributed by atoms with Crippen LogP contribution in [-0.2, 0) is 0 Å². The van der Waals surface area contributed by atoms with Gasteiger partial charge in [0.2, 0.25) is 0 Å². The molecule has 0 aliphatic carbocycles. The van der Waals surface area contributed by atoms with Crippen molar-refractivity contribution in [1.29, 1.82) is 0 Å². The lowest BCUT2D eigenvalue weighted by molar-refractivity contribution is 0.458. The zero-order chi connectivity index (χ0) is 12.5. The van der Waals surface area contributed by atoms with Crippen molar-refractivity contribution >= 4 is 21.6 Å². The van der Waals surface area contributed by atoms with Crippen molar-refractivity contribution in [2.75, 3.05) is 18.0 Å². The summed E-state index contributed by atoms with van der Waals surface area (Å²) in [6, 6.07) is 8.57. The normalized spacial score (nSPS) is 23.1. The van der Waals surface area contributed by atoms with Gasteiger partial charge in [-0.2, -0.15) is 0 Å². The van der Waals surface area contributed by atoms with Gasteiger partial charge in [-0.05, 0) is 57.4 Å². The van der Waals surface area contributed by atoms with E-state index in [4.69, 9.17) is 5.73 Å². The molecule has 94 valence electrons. The van der Waals surface area contributed by atoms with Gasteiger partial charge in [0.05, 0.1) is 0 Å². The fourth-order valence-corrected chi connectivity index (χ4v) is 3.30. The maximum atomic E-state index is 5.68. The number of hydrogen-bond acceptors (Lipinski definition) is 2. The molecule has 0 radical (unpaired) electrons. The molecule has 0 bridgehead atoms. The Bertz CT molecular complexity index is 390. The van der Waals surface area contributed by atoms with Crippen LogP contribution < -0.4 is 10.6 Å². The average Bonchev–Trinajstić information content (AvgIpc) is 2.54. The molecule has 1 aromatic carbocycles. The number of rotatable bonds is 3. The van der Waals surface area contributed by atoms with E-state index in [0.717, 1.165) is 29.9 Å². The van der Waals surface area contributed by atoms with Crippen molar-refractivity contribution in [1.82, 2.24) is 0 Å². The summed E-state index contributed by atoms with van der Waals surface area (Å²) >= 11 is 3.55. The Balaban J connectivity index is 2.20. The Morgan fingerprint density at radius 3 is 2.88 bits per heavy atom. The summed E-state index contributed by atoms with van der Waals surface area (Å²) in [7, 11) is 0. The third-order valence-corrected chi connectivity index (χ3v) is 4.15. The molecule has 2 N–H and O–H groups in total. The molecule has 1 unspecified atom stereocenters. The van der Waals surface area contributed by atoms with Crippen molar-refractivity contribution in [3.8, 4) is 0 Å². The molecule has 2 nitrogen and oxygen atoms in total. The second-order valence-corrected chi connectivity index (χ2v) is 6.47. The summed E-state index contributed by atoms with van der Waals surface area (Å²) in [4.78, 5) is 2.51. The topological polar surface area (TPSA) is 29.3 Å². The molecule has 17 heavy (non-hydrogen) atoms. The molecule has 3 heteroatoms. The first-order valence-corrected chi connectivity index (χ1v) is 7.05. The van der Waals surface area contributed by atoms with Crippen molar-refractivity contribution in [2.24, 2.45) is 11.7 Å². The Kier molecular flexibility index (Phi) is 3.79. The Labute approximate surface area is 112 Å². The van der Waals surface area contributed by atoms with Gasteiger partial charge in [0.15, 0.2) is 0 Å². The minimum Gasteiger partial charge on any atom is -0.366 e. The van der Waals surface area contributed by atoms with Crippen LogP contribution in [0, 0.1) is 5.92 Å². The van der Waals surface area contributed by atoms with Crippen LogP contribution in [0.25, 0.3) is 0 Å². The lowest BCUT2D eigenvalue weighted by Crippen LogP contribution is -2.38. The summed E-state index contributed by atoms with van der Waals surface area (Å²) in [6.45, 7) is 6.57. The highest BCUT2D eigenvalue weighted by Gasteiger charge is 2.37. The summed E-state index contributed by atoms with van der Waals surface area (Å²) < 4.78 is 1.15. The summed E-state index contributed by atoms with van der Waals surface area (Å²) in [5.41, 5.74) is 7.23. The van der Waals surface area contributed by atoms with E-state index in [2.05, 4.69) is 58.9 Å². The third kappa shape index (κ3) is 2.83. The molecule has 1 fully saturated rings. The molecular formula is C14H21BrN2. The minimum atomic E-state index is 0.237. The third-order valence-electron chi connectivity index (χ3n) is 3.65. The number of anilines is 1. The molecule has 1 aliphatic heterocycles. The molecule has 1 aromatic rings. The van der Waals surface area contributed by atoms with Crippen LogP contribution in [0.4, 0.5) is 5.69 Å². The predicted molar refractivity (Wildman–Crippen MR) is 77.3 cm³/mol. The van der Waals surface area contributed by atoms with Gasteiger partial charge in [-0.15, -0.1) is 0 Å². The zero-order valence-corrected chi connectivity index (χ0v) is 12.2. The first kappa shape index (κ1) is 12.9. The Hall–Kier alpha value is -0.540. The van der Waals surface area contributed by atoms with E-state index in [1.54, 1.807) is 0 Å². The number of nitrogens with zero attached hydrogens (tertiary/aromatic N) is 1. The lowest BCUT2D eigenvalue weighted by atomic mass is 9.94. The summed E-state index contributed by atoms with van der Waals surface area (Å²) in [5, 5.41) is 0. The standard InChI is InChI=1S/C14H21BrN2/c1-14(2)9-11(6-7-16)10-17(14)13-5-3-4-12(15)8-13/h3-5,8,11H,6-7,9-10,16H2,1-2H3. The van der Waals surface area contributed by atoms with E-state index < -0.39 is 0 Å². The van der Waals surface area contributed by atoms with Gasteiger partial charge < -0.3 is 10.6 Å². The second kappa shape index (κ2) is 4.99. The van der Waals surface area contributed by atoms with E-state index >= 15 is 0 Å². The van der Waals surface area contributed by atoms with Crippen molar-refractivity contribution in [3.63, 3.8) is 0 Å².